The zero-order chi connectivity index (χ0) is 21.2. The van der Waals surface area contributed by atoms with Gasteiger partial charge in [0.1, 0.15) is 0 Å². The predicted octanol–water partition coefficient (Wildman–Crippen LogP) is 4.22. The number of benzene rings is 3. The molecule has 3 rings (SSSR count). The van der Waals surface area contributed by atoms with Gasteiger partial charge < -0.3 is 0 Å². The molecule has 0 saturated heterocycles. The van der Waals surface area contributed by atoms with Gasteiger partial charge in [-0.1, -0.05) is 11.6 Å². The Hall–Kier alpha value is -2.69. The van der Waals surface area contributed by atoms with Crippen molar-refractivity contribution in [3.8, 4) is 0 Å². The lowest BCUT2D eigenvalue weighted by molar-refractivity contribution is 0.504. The van der Waals surface area contributed by atoms with Crippen molar-refractivity contribution in [2.24, 2.45) is 0 Å². The number of hydrogen-bond donors (Lipinski definition) is 2. The van der Waals surface area contributed by atoms with Crippen molar-refractivity contribution in [3.05, 3.63) is 83.4 Å². The van der Waals surface area contributed by atoms with Crippen LogP contribution in [0.15, 0.2) is 76.5 Å². The third-order valence-electron chi connectivity index (χ3n) is 3.71. The van der Waals surface area contributed by atoms with Crippen molar-refractivity contribution in [2.45, 2.75) is 9.79 Å². The second-order valence-electron chi connectivity index (χ2n) is 5.82. The molecule has 0 bridgehead atoms. The normalized spacial score (nSPS) is 11.8. The van der Waals surface area contributed by atoms with Gasteiger partial charge in [-0.2, -0.15) is 0 Å². The van der Waals surface area contributed by atoms with Gasteiger partial charge in [0.15, 0.2) is 11.6 Å². The highest BCUT2D eigenvalue weighted by Crippen LogP contribution is 2.22. The Morgan fingerprint density at radius 2 is 1.07 bits per heavy atom. The lowest BCUT2D eigenvalue weighted by Gasteiger charge is -2.11. The monoisotopic (exact) mass is 458 g/mol. The molecule has 2 N–H and O–H groups in total. The lowest BCUT2D eigenvalue weighted by Crippen LogP contribution is -2.15. The first-order valence-corrected chi connectivity index (χ1v) is 11.3. The molecule has 3 aromatic carbocycles. The topological polar surface area (TPSA) is 92.3 Å². The molecular weight excluding hydrogens is 446 g/mol. The summed E-state index contributed by atoms with van der Waals surface area (Å²) in [7, 11) is -8.10. The van der Waals surface area contributed by atoms with Crippen molar-refractivity contribution in [2.75, 3.05) is 9.44 Å². The Bertz CT molecular complexity index is 1250. The molecule has 0 spiro atoms. The standard InChI is InChI=1S/C18H13ClF2N2O4S2/c19-12-1-3-13(4-2-12)22-28(24,25)15-7-5-14(6-8-15)23-29(26,27)16-9-10-17(20)18(21)11-16/h1-11,22-23H. The summed E-state index contributed by atoms with van der Waals surface area (Å²) in [6, 6.07) is 13.0. The van der Waals surface area contributed by atoms with Crippen molar-refractivity contribution >= 4 is 43.0 Å². The van der Waals surface area contributed by atoms with Crippen molar-refractivity contribution in [1.82, 2.24) is 0 Å². The van der Waals surface area contributed by atoms with Crippen LogP contribution < -0.4 is 9.44 Å². The van der Waals surface area contributed by atoms with Gasteiger partial charge in [-0.15, -0.1) is 0 Å². The Labute approximate surface area is 171 Å². The second kappa shape index (κ2) is 7.97. The molecule has 6 nitrogen and oxygen atoms in total. The average molecular weight is 459 g/mol. The van der Waals surface area contributed by atoms with Crippen LogP contribution in [-0.4, -0.2) is 16.8 Å². The van der Waals surface area contributed by atoms with E-state index >= 15 is 0 Å². The van der Waals surface area contributed by atoms with E-state index in [4.69, 9.17) is 11.6 Å². The van der Waals surface area contributed by atoms with Crippen LogP contribution >= 0.6 is 11.6 Å². The van der Waals surface area contributed by atoms with Crippen LogP contribution in [0.3, 0.4) is 0 Å². The van der Waals surface area contributed by atoms with Gasteiger partial charge >= 0.3 is 0 Å². The Morgan fingerprint density at radius 3 is 1.59 bits per heavy atom. The summed E-state index contributed by atoms with van der Waals surface area (Å²) in [5.41, 5.74) is 0.345. The third kappa shape index (κ3) is 5.03. The SMILES string of the molecule is O=S(=O)(Nc1ccc(Cl)cc1)c1ccc(NS(=O)(=O)c2ccc(F)c(F)c2)cc1. The first kappa shape index (κ1) is 21.0. The molecular formula is C18H13ClF2N2O4S2. The van der Waals surface area contributed by atoms with E-state index in [2.05, 4.69) is 9.44 Å². The summed E-state index contributed by atoms with van der Waals surface area (Å²) in [6.07, 6.45) is 0. The number of rotatable bonds is 6. The van der Waals surface area contributed by atoms with E-state index in [1.807, 2.05) is 0 Å². The molecule has 152 valence electrons. The maximum absolute atomic E-state index is 13.3. The maximum atomic E-state index is 13.3. The van der Waals surface area contributed by atoms with E-state index in [-0.39, 0.29) is 10.6 Å². The minimum atomic E-state index is -4.19. The molecule has 0 aliphatic carbocycles. The smallest absolute Gasteiger partial charge is 0.261 e. The second-order valence-corrected chi connectivity index (χ2v) is 9.62. The summed E-state index contributed by atoms with van der Waals surface area (Å²) in [5, 5.41) is 0.450. The molecule has 0 amide bonds. The number of anilines is 2. The van der Waals surface area contributed by atoms with Crippen LogP contribution in [0.4, 0.5) is 20.2 Å². The molecule has 0 unspecified atom stereocenters. The highest BCUT2D eigenvalue weighted by molar-refractivity contribution is 7.93. The zero-order valence-corrected chi connectivity index (χ0v) is 16.8. The largest absolute Gasteiger partial charge is 0.280 e. The van der Waals surface area contributed by atoms with Crippen molar-refractivity contribution < 1.29 is 25.6 Å². The van der Waals surface area contributed by atoms with Gasteiger partial charge in [-0.3, -0.25) is 9.44 Å². The van der Waals surface area contributed by atoms with Crippen LogP contribution in [0.1, 0.15) is 0 Å². The molecule has 0 fully saturated rings. The van der Waals surface area contributed by atoms with E-state index < -0.39 is 36.6 Å². The Kier molecular flexibility index (Phi) is 5.78. The van der Waals surface area contributed by atoms with Crippen LogP contribution in [0.5, 0.6) is 0 Å². The Balaban J connectivity index is 1.78. The molecule has 29 heavy (non-hydrogen) atoms. The van der Waals surface area contributed by atoms with Crippen LogP contribution in [0.25, 0.3) is 0 Å². The van der Waals surface area contributed by atoms with Crippen LogP contribution in [0.2, 0.25) is 5.02 Å². The predicted molar refractivity (Wildman–Crippen MR) is 106 cm³/mol. The van der Waals surface area contributed by atoms with Gasteiger partial charge in [0.2, 0.25) is 0 Å². The number of hydrogen-bond acceptors (Lipinski definition) is 4. The number of halogens is 3. The van der Waals surface area contributed by atoms with E-state index in [9.17, 15) is 25.6 Å². The van der Waals surface area contributed by atoms with E-state index in [0.29, 0.717) is 22.8 Å². The zero-order valence-electron chi connectivity index (χ0n) is 14.4. The van der Waals surface area contributed by atoms with Crippen molar-refractivity contribution in [3.63, 3.8) is 0 Å². The minimum Gasteiger partial charge on any atom is -0.280 e. The molecule has 0 radical (unpaired) electrons. The lowest BCUT2D eigenvalue weighted by atomic mass is 10.3. The summed E-state index contributed by atoms with van der Waals surface area (Å²) in [4.78, 5) is -0.583. The van der Waals surface area contributed by atoms with E-state index in [1.54, 1.807) is 0 Å². The Morgan fingerprint density at radius 1 is 0.621 bits per heavy atom. The average Bonchev–Trinajstić information content (AvgIpc) is 2.66. The molecule has 0 aliphatic heterocycles. The summed E-state index contributed by atoms with van der Waals surface area (Å²) >= 11 is 5.76. The minimum absolute atomic E-state index is 0.0418. The van der Waals surface area contributed by atoms with Gasteiger partial charge in [0, 0.05) is 16.4 Å². The molecule has 11 heteroatoms. The first-order valence-electron chi connectivity index (χ1n) is 7.93. The van der Waals surface area contributed by atoms with Crippen LogP contribution in [0, 0.1) is 11.6 Å². The van der Waals surface area contributed by atoms with Crippen LogP contribution in [-0.2, 0) is 20.0 Å². The fourth-order valence-electron chi connectivity index (χ4n) is 2.29. The fourth-order valence-corrected chi connectivity index (χ4v) is 4.55. The van der Waals surface area contributed by atoms with Gasteiger partial charge in [0.25, 0.3) is 20.0 Å². The quantitative estimate of drug-likeness (QED) is 0.578. The van der Waals surface area contributed by atoms with Gasteiger partial charge in [-0.05, 0) is 66.7 Å². The highest BCUT2D eigenvalue weighted by Gasteiger charge is 2.18. The number of nitrogens with one attached hydrogen (secondary N) is 2. The highest BCUT2D eigenvalue weighted by atomic mass is 35.5. The summed E-state index contributed by atoms with van der Waals surface area (Å²) in [5.74, 6) is -2.48. The molecule has 0 heterocycles. The molecule has 0 aromatic heterocycles. The maximum Gasteiger partial charge on any atom is 0.261 e. The fraction of sp³-hybridized carbons (Fsp3) is 0. The van der Waals surface area contributed by atoms with Crippen molar-refractivity contribution in [1.29, 1.82) is 0 Å². The molecule has 0 saturated carbocycles. The van der Waals surface area contributed by atoms with E-state index in [1.165, 1.54) is 48.5 Å². The number of sulfonamides is 2. The van der Waals surface area contributed by atoms with E-state index in [0.717, 1.165) is 6.07 Å². The first-order chi connectivity index (χ1) is 13.6. The molecule has 0 aliphatic rings. The summed E-state index contributed by atoms with van der Waals surface area (Å²) < 4.78 is 80.2. The van der Waals surface area contributed by atoms with Gasteiger partial charge in [0.05, 0.1) is 9.79 Å². The summed E-state index contributed by atoms with van der Waals surface area (Å²) in [6.45, 7) is 0. The molecule has 0 atom stereocenters. The van der Waals surface area contributed by atoms with Gasteiger partial charge in [-0.25, -0.2) is 25.6 Å². The molecule has 3 aromatic rings. The third-order valence-corrected chi connectivity index (χ3v) is 6.74.